The van der Waals surface area contributed by atoms with E-state index < -0.39 is 26.6 Å². The molecule has 0 unspecified atom stereocenters. The van der Waals surface area contributed by atoms with Crippen LogP contribution in [0.2, 0.25) is 0 Å². The molecule has 1 aromatic carbocycles. The standard InChI is InChI=1S/C10H13F2N3O2S/c11-7-3-4-9(8(12)6-7)18(16,17)15-5-1-2-10(13)14/h3-4,6,15H,1-2,5H2,(H3,13,14). The summed E-state index contributed by atoms with van der Waals surface area (Å²) in [5.41, 5.74) is 5.10. The fourth-order valence-electron chi connectivity index (χ4n) is 1.26. The van der Waals surface area contributed by atoms with E-state index in [1.165, 1.54) is 0 Å². The number of hydrogen-bond acceptors (Lipinski definition) is 3. The van der Waals surface area contributed by atoms with Gasteiger partial charge in [0.25, 0.3) is 0 Å². The van der Waals surface area contributed by atoms with Gasteiger partial charge in [-0.1, -0.05) is 0 Å². The molecule has 18 heavy (non-hydrogen) atoms. The summed E-state index contributed by atoms with van der Waals surface area (Å²) in [5, 5.41) is 6.95. The van der Waals surface area contributed by atoms with Crippen molar-refractivity contribution in [1.82, 2.24) is 4.72 Å². The third kappa shape index (κ3) is 4.04. The van der Waals surface area contributed by atoms with Crippen molar-refractivity contribution in [3.63, 3.8) is 0 Å². The highest BCUT2D eigenvalue weighted by Gasteiger charge is 2.18. The van der Waals surface area contributed by atoms with Gasteiger partial charge in [-0.05, 0) is 18.6 Å². The maximum atomic E-state index is 13.3. The van der Waals surface area contributed by atoms with Crippen LogP contribution in [0.4, 0.5) is 8.78 Å². The smallest absolute Gasteiger partial charge is 0.243 e. The van der Waals surface area contributed by atoms with Crippen molar-refractivity contribution in [2.75, 3.05) is 6.54 Å². The van der Waals surface area contributed by atoms with E-state index in [0.29, 0.717) is 12.5 Å². The maximum Gasteiger partial charge on any atom is 0.243 e. The molecule has 1 rings (SSSR count). The van der Waals surface area contributed by atoms with E-state index in [9.17, 15) is 17.2 Å². The molecule has 0 aromatic heterocycles. The van der Waals surface area contributed by atoms with Crippen molar-refractivity contribution in [2.45, 2.75) is 17.7 Å². The molecule has 0 aliphatic heterocycles. The van der Waals surface area contributed by atoms with Gasteiger partial charge in [-0.25, -0.2) is 21.9 Å². The second kappa shape index (κ2) is 5.87. The van der Waals surface area contributed by atoms with Crippen LogP contribution < -0.4 is 10.5 Å². The van der Waals surface area contributed by atoms with Crippen molar-refractivity contribution >= 4 is 15.9 Å². The quantitative estimate of drug-likeness (QED) is 0.410. The highest BCUT2D eigenvalue weighted by molar-refractivity contribution is 7.89. The Bertz CT molecular complexity index is 546. The lowest BCUT2D eigenvalue weighted by Gasteiger charge is -2.07. The van der Waals surface area contributed by atoms with Gasteiger partial charge in [0.15, 0.2) is 0 Å². The third-order valence-electron chi connectivity index (χ3n) is 2.10. The van der Waals surface area contributed by atoms with Gasteiger partial charge >= 0.3 is 0 Å². The molecule has 0 atom stereocenters. The number of hydrogen-bond donors (Lipinski definition) is 3. The van der Waals surface area contributed by atoms with Gasteiger partial charge in [-0.15, -0.1) is 0 Å². The zero-order valence-corrected chi connectivity index (χ0v) is 10.2. The molecule has 0 heterocycles. The average Bonchev–Trinajstić information content (AvgIpc) is 2.23. The monoisotopic (exact) mass is 277 g/mol. The van der Waals surface area contributed by atoms with Crippen molar-refractivity contribution in [3.8, 4) is 0 Å². The lowest BCUT2D eigenvalue weighted by Crippen LogP contribution is -2.26. The molecule has 0 aliphatic rings. The van der Waals surface area contributed by atoms with E-state index in [1.54, 1.807) is 0 Å². The molecule has 0 aliphatic carbocycles. The van der Waals surface area contributed by atoms with Crippen LogP contribution in [-0.4, -0.2) is 20.8 Å². The van der Waals surface area contributed by atoms with Gasteiger partial charge in [0.2, 0.25) is 10.0 Å². The summed E-state index contributed by atoms with van der Waals surface area (Å²) in [7, 11) is -4.01. The van der Waals surface area contributed by atoms with Crippen LogP contribution in [0.3, 0.4) is 0 Å². The molecule has 0 spiro atoms. The lowest BCUT2D eigenvalue weighted by atomic mass is 10.3. The van der Waals surface area contributed by atoms with Crippen LogP contribution >= 0.6 is 0 Å². The number of nitrogens with one attached hydrogen (secondary N) is 2. The summed E-state index contributed by atoms with van der Waals surface area (Å²) in [6, 6.07) is 2.23. The molecule has 100 valence electrons. The highest BCUT2D eigenvalue weighted by Crippen LogP contribution is 2.15. The molecule has 0 saturated carbocycles. The third-order valence-corrected chi connectivity index (χ3v) is 3.59. The fraction of sp³-hybridized carbons (Fsp3) is 0.300. The van der Waals surface area contributed by atoms with Gasteiger partial charge in [0.05, 0.1) is 5.84 Å². The summed E-state index contributed by atoms with van der Waals surface area (Å²) in [6.45, 7) is 0.0265. The second-order valence-electron chi connectivity index (χ2n) is 3.60. The van der Waals surface area contributed by atoms with Crippen LogP contribution in [0.15, 0.2) is 23.1 Å². The molecule has 5 nitrogen and oxygen atoms in total. The molecular weight excluding hydrogens is 264 g/mol. The van der Waals surface area contributed by atoms with Gasteiger partial charge in [-0.3, -0.25) is 5.41 Å². The van der Waals surface area contributed by atoms with E-state index in [1.807, 2.05) is 0 Å². The van der Waals surface area contributed by atoms with Crippen LogP contribution in [0, 0.1) is 17.0 Å². The summed E-state index contributed by atoms with van der Waals surface area (Å²) in [4.78, 5) is -0.605. The van der Waals surface area contributed by atoms with Crippen LogP contribution in [0.1, 0.15) is 12.8 Å². The molecule has 0 amide bonds. The van der Waals surface area contributed by atoms with Gasteiger partial charge in [-0.2, -0.15) is 0 Å². The molecule has 0 fully saturated rings. The number of benzene rings is 1. The first-order valence-electron chi connectivity index (χ1n) is 5.10. The normalized spacial score (nSPS) is 11.4. The molecule has 0 radical (unpaired) electrons. The van der Waals surface area contributed by atoms with E-state index in [-0.39, 0.29) is 18.8 Å². The number of nitrogens with two attached hydrogens (primary N) is 1. The van der Waals surface area contributed by atoms with Gasteiger partial charge in [0.1, 0.15) is 16.5 Å². The Morgan fingerprint density at radius 2 is 2.06 bits per heavy atom. The largest absolute Gasteiger partial charge is 0.388 e. The minimum Gasteiger partial charge on any atom is -0.388 e. The first-order valence-corrected chi connectivity index (χ1v) is 6.59. The van der Waals surface area contributed by atoms with E-state index in [4.69, 9.17) is 11.1 Å². The molecule has 0 bridgehead atoms. The van der Waals surface area contributed by atoms with Crippen molar-refractivity contribution in [3.05, 3.63) is 29.8 Å². The Labute approximate surface area is 104 Å². The predicted molar refractivity (Wildman–Crippen MR) is 62.7 cm³/mol. The van der Waals surface area contributed by atoms with Crippen LogP contribution in [0.25, 0.3) is 0 Å². The summed E-state index contributed by atoms with van der Waals surface area (Å²) >= 11 is 0. The van der Waals surface area contributed by atoms with Crippen molar-refractivity contribution < 1.29 is 17.2 Å². The Morgan fingerprint density at radius 1 is 1.39 bits per heavy atom. The summed E-state index contributed by atoms with van der Waals surface area (Å²) in [5.74, 6) is -2.04. The number of rotatable bonds is 6. The van der Waals surface area contributed by atoms with Gasteiger partial charge < -0.3 is 5.73 Å². The number of halogens is 2. The first-order chi connectivity index (χ1) is 8.33. The van der Waals surface area contributed by atoms with E-state index in [2.05, 4.69) is 4.72 Å². The Hall–Kier alpha value is -1.54. The van der Waals surface area contributed by atoms with E-state index >= 15 is 0 Å². The second-order valence-corrected chi connectivity index (χ2v) is 5.34. The van der Waals surface area contributed by atoms with E-state index in [0.717, 1.165) is 12.1 Å². The molecule has 1 aromatic rings. The zero-order chi connectivity index (χ0) is 13.8. The molecular formula is C10H13F2N3O2S. The average molecular weight is 277 g/mol. The van der Waals surface area contributed by atoms with Crippen LogP contribution in [-0.2, 0) is 10.0 Å². The predicted octanol–water partition coefficient (Wildman–Crippen LogP) is 0.959. The molecule has 4 N–H and O–H groups in total. The van der Waals surface area contributed by atoms with Crippen LogP contribution in [0.5, 0.6) is 0 Å². The SMILES string of the molecule is N=C(N)CCCNS(=O)(=O)c1ccc(F)cc1F. The summed E-state index contributed by atoms with van der Waals surface area (Å²) < 4.78 is 51.4. The fourth-order valence-corrected chi connectivity index (χ4v) is 2.39. The minimum absolute atomic E-state index is 0.0265. The zero-order valence-electron chi connectivity index (χ0n) is 9.41. The summed E-state index contributed by atoms with van der Waals surface area (Å²) in [6.07, 6.45) is 0.575. The van der Waals surface area contributed by atoms with Crippen molar-refractivity contribution in [2.24, 2.45) is 5.73 Å². The first kappa shape index (κ1) is 14.5. The molecule has 0 saturated heterocycles. The van der Waals surface area contributed by atoms with Crippen molar-refractivity contribution in [1.29, 1.82) is 5.41 Å². The number of sulfonamides is 1. The maximum absolute atomic E-state index is 13.3. The Morgan fingerprint density at radius 3 is 2.61 bits per heavy atom. The number of amidine groups is 1. The Balaban J connectivity index is 2.71. The Kier molecular flexibility index (Phi) is 4.74. The topological polar surface area (TPSA) is 96.0 Å². The lowest BCUT2D eigenvalue weighted by molar-refractivity contribution is 0.542. The van der Waals surface area contributed by atoms with Gasteiger partial charge in [0, 0.05) is 19.0 Å². The minimum atomic E-state index is -4.01. The highest BCUT2D eigenvalue weighted by atomic mass is 32.2. The molecule has 8 heteroatoms.